The molecule has 0 bridgehead atoms. The Morgan fingerprint density at radius 1 is 1.10 bits per heavy atom. The Labute approximate surface area is 171 Å². The van der Waals surface area contributed by atoms with Gasteiger partial charge in [-0.25, -0.2) is 14.4 Å². The van der Waals surface area contributed by atoms with Gasteiger partial charge in [0.1, 0.15) is 23.0 Å². The van der Waals surface area contributed by atoms with Gasteiger partial charge in [0.2, 0.25) is 5.82 Å². The lowest BCUT2D eigenvalue weighted by Crippen LogP contribution is -2.37. The van der Waals surface area contributed by atoms with Crippen LogP contribution >= 0.6 is 0 Å². The Morgan fingerprint density at radius 3 is 2.70 bits per heavy atom. The van der Waals surface area contributed by atoms with Crippen molar-refractivity contribution in [3.05, 3.63) is 59.8 Å². The largest absolute Gasteiger partial charge is 0.504 e. The molecule has 0 aliphatic carbocycles. The molecule has 152 valence electrons. The van der Waals surface area contributed by atoms with Crippen molar-refractivity contribution in [3.63, 3.8) is 0 Å². The number of hydrogen-bond acceptors (Lipinski definition) is 7. The number of nitrogens with zero attached hydrogens (tertiary/aromatic N) is 5. The summed E-state index contributed by atoms with van der Waals surface area (Å²) < 4.78 is 18.6. The van der Waals surface area contributed by atoms with E-state index in [1.807, 2.05) is 12.1 Å². The number of anilines is 1. The molecular formula is C21H19FN6O2. The van der Waals surface area contributed by atoms with Gasteiger partial charge in [0.15, 0.2) is 11.4 Å². The number of ether oxygens (including phenoxy) is 1. The van der Waals surface area contributed by atoms with Gasteiger partial charge in [-0.15, -0.1) is 0 Å². The molecule has 9 heteroatoms. The molecule has 0 spiro atoms. The van der Waals surface area contributed by atoms with Crippen molar-refractivity contribution in [2.24, 2.45) is 0 Å². The normalized spacial score (nSPS) is 14.4. The van der Waals surface area contributed by atoms with Crippen LogP contribution in [0.1, 0.15) is 11.4 Å². The quantitative estimate of drug-likeness (QED) is 0.537. The van der Waals surface area contributed by atoms with E-state index < -0.39 is 0 Å². The number of halogens is 1. The van der Waals surface area contributed by atoms with Crippen LogP contribution in [-0.4, -0.2) is 56.6 Å². The summed E-state index contributed by atoms with van der Waals surface area (Å²) >= 11 is 0. The lowest BCUT2D eigenvalue weighted by atomic mass is 10.1. The number of H-pyrrole nitrogens is 1. The molecular weight excluding hydrogens is 387 g/mol. The molecule has 1 aromatic carbocycles. The van der Waals surface area contributed by atoms with Gasteiger partial charge in [0.25, 0.3) is 0 Å². The van der Waals surface area contributed by atoms with Crippen molar-refractivity contribution in [3.8, 4) is 17.3 Å². The van der Waals surface area contributed by atoms with Crippen molar-refractivity contribution in [2.45, 2.75) is 6.42 Å². The third kappa shape index (κ3) is 3.43. The Balaban J connectivity index is 1.55. The first-order valence-corrected chi connectivity index (χ1v) is 9.65. The third-order valence-electron chi connectivity index (χ3n) is 5.05. The predicted octanol–water partition coefficient (Wildman–Crippen LogP) is 2.69. The number of hydrogen-bond donors (Lipinski definition) is 2. The smallest absolute Gasteiger partial charge is 0.203 e. The Hall–Kier alpha value is -3.59. The Kier molecular flexibility index (Phi) is 4.72. The van der Waals surface area contributed by atoms with Crippen LogP contribution in [0.3, 0.4) is 0 Å². The topological polar surface area (TPSA) is 100 Å². The summed E-state index contributed by atoms with van der Waals surface area (Å²) in [6.45, 7) is 2.63. The SMILES string of the molecule is Oc1c(-c2n[nH]c(Cc3ccc(F)cc3)n2)nc(N2CCOCC2)c2cccnc12. The number of aromatic nitrogens is 5. The molecule has 5 rings (SSSR count). The monoisotopic (exact) mass is 406 g/mol. The molecule has 0 saturated carbocycles. The fourth-order valence-corrected chi connectivity index (χ4v) is 3.55. The van der Waals surface area contributed by atoms with Crippen LogP contribution in [-0.2, 0) is 11.2 Å². The van der Waals surface area contributed by atoms with Gasteiger partial charge in [-0.1, -0.05) is 12.1 Å². The average Bonchev–Trinajstić information content (AvgIpc) is 3.25. The van der Waals surface area contributed by atoms with Gasteiger partial charge in [-0.3, -0.25) is 10.1 Å². The molecule has 1 aliphatic rings. The van der Waals surface area contributed by atoms with E-state index in [-0.39, 0.29) is 23.1 Å². The van der Waals surface area contributed by atoms with Crippen molar-refractivity contribution in [2.75, 3.05) is 31.2 Å². The first-order valence-electron chi connectivity index (χ1n) is 9.65. The van der Waals surface area contributed by atoms with Crippen LogP contribution in [0.4, 0.5) is 10.2 Å². The minimum atomic E-state index is -0.287. The zero-order valence-electron chi connectivity index (χ0n) is 16.0. The van der Waals surface area contributed by atoms with E-state index in [0.29, 0.717) is 44.1 Å². The second-order valence-electron chi connectivity index (χ2n) is 7.04. The summed E-state index contributed by atoms with van der Waals surface area (Å²) in [5.74, 6) is 1.25. The molecule has 0 radical (unpaired) electrons. The highest BCUT2D eigenvalue weighted by Crippen LogP contribution is 2.36. The van der Waals surface area contributed by atoms with E-state index in [9.17, 15) is 9.50 Å². The lowest BCUT2D eigenvalue weighted by Gasteiger charge is -2.29. The van der Waals surface area contributed by atoms with Gasteiger partial charge < -0.3 is 14.7 Å². The maximum atomic E-state index is 13.1. The summed E-state index contributed by atoms with van der Waals surface area (Å²) in [6.07, 6.45) is 2.09. The minimum absolute atomic E-state index is 0.0602. The van der Waals surface area contributed by atoms with Crippen LogP contribution in [0.2, 0.25) is 0 Å². The number of rotatable bonds is 4. The minimum Gasteiger partial charge on any atom is -0.504 e. The number of aromatic hydroxyl groups is 1. The van der Waals surface area contributed by atoms with Crippen LogP contribution in [0, 0.1) is 5.82 Å². The Bertz CT molecular complexity index is 1190. The van der Waals surface area contributed by atoms with Gasteiger partial charge >= 0.3 is 0 Å². The van der Waals surface area contributed by atoms with E-state index in [1.54, 1.807) is 18.3 Å². The highest BCUT2D eigenvalue weighted by atomic mass is 19.1. The molecule has 2 N–H and O–H groups in total. The van der Waals surface area contributed by atoms with E-state index in [4.69, 9.17) is 9.72 Å². The van der Waals surface area contributed by atoms with E-state index in [0.717, 1.165) is 16.8 Å². The third-order valence-corrected chi connectivity index (χ3v) is 5.05. The fourth-order valence-electron chi connectivity index (χ4n) is 3.55. The van der Waals surface area contributed by atoms with Crippen LogP contribution in [0.15, 0.2) is 42.6 Å². The fraction of sp³-hybridized carbons (Fsp3) is 0.238. The summed E-state index contributed by atoms with van der Waals surface area (Å²) in [5.41, 5.74) is 1.61. The summed E-state index contributed by atoms with van der Waals surface area (Å²) in [5, 5.41) is 18.7. The van der Waals surface area contributed by atoms with Crippen molar-refractivity contribution in [1.82, 2.24) is 25.1 Å². The first kappa shape index (κ1) is 18.4. The van der Waals surface area contributed by atoms with Crippen LogP contribution in [0.5, 0.6) is 5.75 Å². The van der Waals surface area contributed by atoms with Crippen LogP contribution < -0.4 is 4.90 Å². The van der Waals surface area contributed by atoms with Gasteiger partial charge in [0, 0.05) is 31.1 Å². The molecule has 30 heavy (non-hydrogen) atoms. The highest BCUT2D eigenvalue weighted by Gasteiger charge is 2.23. The van der Waals surface area contributed by atoms with Gasteiger partial charge in [-0.05, 0) is 29.8 Å². The molecule has 0 unspecified atom stereocenters. The lowest BCUT2D eigenvalue weighted by molar-refractivity contribution is 0.122. The average molecular weight is 406 g/mol. The summed E-state index contributed by atoms with van der Waals surface area (Å²) in [6, 6.07) is 9.92. The zero-order valence-corrected chi connectivity index (χ0v) is 16.0. The van der Waals surface area contributed by atoms with E-state index in [2.05, 4.69) is 25.1 Å². The molecule has 0 atom stereocenters. The molecule has 1 aliphatic heterocycles. The molecule has 0 amide bonds. The van der Waals surface area contributed by atoms with Crippen LogP contribution in [0.25, 0.3) is 22.4 Å². The molecule has 4 heterocycles. The van der Waals surface area contributed by atoms with Crippen molar-refractivity contribution in [1.29, 1.82) is 0 Å². The standard InChI is InChI=1S/C21H19FN6O2/c22-14-5-3-13(4-6-14)12-16-24-20(27-26-16)18-19(29)17-15(2-1-7-23-17)21(25-18)28-8-10-30-11-9-28/h1-7,29H,8-12H2,(H,24,26,27). The number of fused-ring (bicyclic) bond motifs is 1. The number of pyridine rings is 2. The highest BCUT2D eigenvalue weighted by molar-refractivity contribution is 5.97. The van der Waals surface area contributed by atoms with E-state index >= 15 is 0 Å². The number of nitrogens with one attached hydrogen (secondary N) is 1. The zero-order chi connectivity index (χ0) is 20.5. The summed E-state index contributed by atoms with van der Waals surface area (Å²) in [4.78, 5) is 15.7. The molecule has 8 nitrogen and oxygen atoms in total. The number of morpholine rings is 1. The van der Waals surface area contributed by atoms with Crippen molar-refractivity contribution < 1.29 is 14.2 Å². The second kappa shape index (κ2) is 7.68. The van der Waals surface area contributed by atoms with Gasteiger partial charge in [-0.2, -0.15) is 5.10 Å². The molecule has 1 fully saturated rings. The molecule has 3 aromatic heterocycles. The van der Waals surface area contributed by atoms with E-state index in [1.165, 1.54) is 12.1 Å². The first-order chi connectivity index (χ1) is 14.7. The Morgan fingerprint density at radius 2 is 1.90 bits per heavy atom. The van der Waals surface area contributed by atoms with Gasteiger partial charge in [0.05, 0.1) is 13.2 Å². The number of benzene rings is 1. The predicted molar refractivity (Wildman–Crippen MR) is 109 cm³/mol. The second-order valence-corrected chi connectivity index (χ2v) is 7.04. The number of aromatic amines is 1. The maximum absolute atomic E-state index is 13.1. The maximum Gasteiger partial charge on any atom is 0.203 e. The summed E-state index contributed by atoms with van der Waals surface area (Å²) in [7, 11) is 0. The molecule has 4 aromatic rings. The molecule has 1 saturated heterocycles. The van der Waals surface area contributed by atoms with Crippen molar-refractivity contribution >= 4 is 16.7 Å².